The molecule has 4 heteroatoms. The first-order valence-corrected chi connectivity index (χ1v) is 4.20. The molecule has 1 aromatic carbocycles. The van der Waals surface area contributed by atoms with Gasteiger partial charge in [-0.3, -0.25) is 9.59 Å². The third-order valence-corrected chi connectivity index (χ3v) is 1.71. The second-order valence-corrected chi connectivity index (χ2v) is 2.79. The Bertz CT molecular complexity index is 339. The topological polar surface area (TPSA) is 46.2 Å². The van der Waals surface area contributed by atoms with Crippen molar-refractivity contribution in [3.8, 4) is 0 Å². The van der Waals surface area contributed by atoms with Crippen molar-refractivity contribution in [1.82, 2.24) is 5.32 Å². The molecule has 1 rings (SSSR count). The van der Waals surface area contributed by atoms with E-state index in [0.29, 0.717) is 13.0 Å². The highest BCUT2D eigenvalue weighted by Gasteiger charge is 1.98. The zero-order valence-electron chi connectivity index (χ0n) is 7.50. The Hall–Kier alpha value is -1.71. The Labute approximate surface area is 80.9 Å². The molecule has 0 aliphatic rings. The van der Waals surface area contributed by atoms with E-state index in [1.54, 1.807) is 12.1 Å². The molecule has 14 heavy (non-hydrogen) atoms. The first-order chi connectivity index (χ1) is 6.72. The molecule has 74 valence electrons. The van der Waals surface area contributed by atoms with Gasteiger partial charge in [-0.15, -0.1) is 0 Å². The van der Waals surface area contributed by atoms with Crippen LogP contribution >= 0.6 is 0 Å². The van der Waals surface area contributed by atoms with Crippen molar-refractivity contribution in [2.75, 3.05) is 6.54 Å². The smallest absolute Gasteiger partial charge is 0.284 e. The summed E-state index contributed by atoms with van der Waals surface area (Å²) in [6.45, 7) is 0.334. The van der Waals surface area contributed by atoms with Crippen LogP contribution in [0.4, 0.5) is 4.39 Å². The second-order valence-electron chi connectivity index (χ2n) is 2.79. The van der Waals surface area contributed by atoms with Crippen molar-refractivity contribution in [3.63, 3.8) is 0 Å². The van der Waals surface area contributed by atoms with E-state index in [-0.39, 0.29) is 12.1 Å². The minimum Gasteiger partial charge on any atom is -0.349 e. The number of nitrogens with one attached hydrogen (secondary N) is 1. The number of aldehydes is 1. The lowest BCUT2D eigenvalue weighted by molar-refractivity contribution is -0.131. The number of amides is 1. The number of benzene rings is 1. The molecular weight excluding hydrogens is 185 g/mol. The molecule has 0 saturated heterocycles. The van der Waals surface area contributed by atoms with Crippen molar-refractivity contribution in [2.45, 2.75) is 6.42 Å². The van der Waals surface area contributed by atoms with E-state index in [4.69, 9.17) is 0 Å². The van der Waals surface area contributed by atoms with Gasteiger partial charge in [-0.05, 0) is 24.1 Å². The van der Waals surface area contributed by atoms with Crippen LogP contribution in [0.2, 0.25) is 0 Å². The number of hydrogen-bond donors (Lipinski definition) is 1. The summed E-state index contributed by atoms with van der Waals surface area (Å²) in [7, 11) is 0. The van der Waals surface area contributed by atoms with Crippen LogP contribution in [-0.4, -0.2) is 18.7 Å². The minimum atomic E-state index is -0.651. The Morgan fingerprint density at radius 3 is 2.93 bits per heavy atom. The van der Waals surface area contributed by atoms with Crippen molar-refractivity contribution >= 4 is 12.2 Å². The molecule has 3 nitrogen and oxygen atoms in total. The van der Waals surface area contributed by atoms with Crippen LogP contribution in [0, 0.1) is 5.82 Å². The summed E-state index contributed by atoms with van der Waals surface area (Å²) < 4.78 is 12.7. The summed E-state index contributed by atoms with van der Waals surface area (Å²) in [6.07, 6.45) is 0.725. The zero-order chi connectivity index (χ0) is 10.4. The third kappa shape index (κ3) is 3.35. The predicted octanol–water partition coefficient (Wildman–Crippen LogP) is 0.683. The third-order valence-electron chi connectivity index (χ3n) is 1.71. The predicted molar refractivity (Wildman–Crippen MR) is 49.2 cm³/mol. The SMILES string of the molecule is O=CC(=O)NCCc1cccc(F)c1. The van der Waals surface area contributed by atoms with Gasteiger partial charge in [-0.25, -0.2) is 4.39 Å². The maximum absolute atomic E-state index is 12.7. The minimum absolute atomic E-state index is 0.214. The van der Waals surface area contributed by atoms with E-state index in [0.717, 1.165) is 5.56 Å². The van der Waals surface area contributed by atoms with Gasteiger partial charge in [-0.1, -0.05) is 12.1 Å². The maximum atomic E-state index is 12.7. The highest BCUT2D eigenvalue weighted by molar-refractivity contribution is 6.23. The van der Waals surface area contributed by atoms with E-state index in [1.165, 1.54) is 12.1 Å². The van der Waals surface area contributed by atoms with Crippen molar-refractivity contribution < 1.29 is 14.0 Å². The molecule has 0 aliphatic carbocycles. The van der Waals surface area contributed by atoms with E-state index in [9.17, 15) is 14.0 Å². The van der Waals surface area contributed by atoms with Crippen molar-refractivity contribution in [1.29, 1.82) is 0 Å². The van der Waals surface area contributed by atoms with Crippen molar-refractivity contribution in [2.24, 2.45) is 0 Å². The Balaban J connectivity index is 2.38. The van der Waals surface area contributed by atoms with Gasteiger partial charge < -0.3 is 5.32 Å². The molecule has 0 heterocycles. The molecule has 0 unspecified atom stereocenters. The summed E-state index contributed by atoms with van der Waals surface area (Å²) >= 11 is 0. The van der Waals surface area contributed by atoms with Crippen molar-refractivity contribution in [3.05, 3.63) is 35.6 Å². The normalized spacial score (nSPS) is 9.50. The summed E-state index contributed by atoms with van der Waals surface area (Å²) in [5.41, 5.74) is 0.788. The highest BCUT2D eigenvalue weighted by atomic mass is 19.1. The van der Waals surface area contributed by atoms with E-state index in [2.05, 4.69) is 5.32 Å². The summed E-state index contributed by atoms with van der Waals surface area (Å²) in [5.74, 6) is -0.953. The van der Waals surface area contributed by atoms with Gasteiger partial charge in [0.05, 0.1) is 0 Å². The van der Waals surface area contributed by atoms with E-state index < -0.39 is 5.91 Å². The van der Waals surface area contributed by atoms with Gasteiger partial charge in [0.1, 0.15) is 5.82 Å². The van der Waals surface area contributed by atoms with Gasteiger partial charge in [0, 0.05) is 6.54 Å². The molecule has 0 bridgehead atoms. The lowest BCUT2D eigenvalue weighted by atomic mass is 10.1. The van der Waals surface area contributed by atoms with Gasteiger partial charge in [0.25, 0.3) is 5.91 Å². The molecule has 0 spiro atoms. The molecule has 0 atom stereocenters. The lowest BCUT2D eigenvalue weighted by Crippen LogP contribution is -2.26. The van der Waals surface area contributed by atoms with Gasteiger partial charge in [-0.2, -0.15) is 0 Å². The largest absolute Gasteiger partial charge is 0.349 e. The van der Waals surface area contributed by atoms with E-state index >= 15 is 0 Å². The van der Waals surface area contributed by atoms with Crippen LogP contribution in [0.5, 0.6) is 0 Å². The molecule has 0 saturated carbocycles. The Morgan fingerprint density at radius 1 is 1.50 bits per heavy atom. The maximum Gasteiger partial charge on any atom is 0.284 e. The standard InChI is InChI=1S/C10H10FNO2/c11-9-3-1-2-8(6-9)4-5-12-10(14)7-13/h1-3,6-7H,4-5H2,(H,12,14). The average Bonchev–Trinajstić information content (AvgIpc) is 2.17. The van der Waals surface area contributed by atoms with Gasteiger partial charge >= 0.3 is 0 Å². The highest BCUT2D eigenvalue weighted by Crippen LogP contribution is 2.03. The molecule has 1 amide bonds. The van der Waals surface area contributed by atoms with E-state index in [1.807, 2.05) is 0 Å². The molecule has 0 radical (unpaired) electrons. The van der Waals surface area contributed by atoms with Crippen LogP contribution in [-0.2, 0) is 16.0 Å². The Morgan fingerprint density at radius 2 is 2.29 bits per heavy atom. The molecule has 1 N–H and O–H groups in total. The number of carbonyl (C=O) groups excluding carboxylic acids is 2. The fourth-order valence-corrected chi connectivity index (χ4v) is 1.06. The molecule has 0 fully saturated rings. The first-order valence-electron chi connectivity index (χ1n) is 4.20. The Kier molecular flexibility index (Phi) is 3.79. The quantitative estimate of drug-likeness (QED) is 0.567. The van der Waals surface area contributed by atoms with Crippen LogP contribution in [0.3, 0.4) is 0 Å². The van der Waals surface area contributed by atoms with Crippen LogP contribution in [0.1, 0.15) is 5.56 Å². The van der Waals surface area contributed by atoms with Crippen LogP contribution in [0.15, 0.2) is 24.3 Å². The molecule has 0 aromatic heterocycles. The first kappa shape index (κ1) is 10.4. The number of rotatable bonds is 4. The van der Waals surface area contributed by atoms with Gasteiger partial charge in [0.15, 0.2) is 0 Å². The number of hydrogen-bond acceptors (Lipinski definition) is 2. The lowest BCUT2D eigenvalue weighted by Gasteiger charge is -2.01. The fourth-order valence-electron chi connectivity index (χ4n) is 1.06. The summed E-state index contributed by atoms with van der Waals surface area (Å²) in [4.78, 5) is 20.4. The second kappa shape index (κ2) is 5.11. The fraction of sp³-hybridized carbons (Fsp3) is 0.200. The molecule has 1 aromatic rings. The number of halogens is 1. The zero-order valence-corrected chi connectivity index (χ0v) is 7.50. The molecule has 0 aliphatic heterocycles. The van der Waals surface area contributed by atoms with Gasteiger partial charge in [0.2, 0.25) is 6.29 Å². The van der Waals surface area contributed by atoms with Crippen LogP contribution < -0.4 is 5.32 Å². The monoisotopic (exact) mass is 195 g/mol. The summed E-state index contributed by atoms with van der Waals surface area (Å²) in [5, 5.41) is 2.37. The summed E-state index contributed by atoms with van der Waals surface area (Å²) in [6, 6.07) is 6.11. The van der Waals surface area contributed by atoms with Crippen LogP contribution in [0.25, 0.3) is 0 Å². The molecular formula is C10H10FNO2. The average molecular weight is 195 g/mol. The number of carbonyl (C=O) groups is 2.